The molecule has 214 valence electrons. The van der Waals surface area contributed by atoms with Gasteiger partial charge in [-0.1, -0.05) is 89.1 Å². The van der Waals surface area contributed by atoms with Crippen LogP contribution in [0.5, 0.6) is 0 Å². The summed E-state index contributed by atoms with van der Waals surface area (Å²) in [4.78, 5) is 25.1. The molecule has 1 aliphatic carbocycles. The number of nitrogens with one attached hydrogen (secondary N) is 1. The molecule has 1 aliphatic rings. The molecule has 0 aliphatic heterocycles. The summed E-state index contributed by atoms with van der Waals surface area (Å²) in [5, 5.41) is 17.2. The Morgan fingerprint density at radius 3 is 2.41 bits per heavy atom. The molecule has 0 saturated heterocycles. The SMILES string of the molecule is CCCCN(C)N(CCC1CCCCC1)Cc1ccc(C(=O)NC(CCC)C(=O)O)c(-c2ccccc2C)c1. The average molecular weight is 536 g/mol. The van der Waals surface area contributed by atoms with Gasteiger partial charge in [-0.05, 0) is 66.5 Å². The number of amides is 1. The van der Waals surface area contributed by atoms with Gasteiger partial charge in [0.05, 0.1) is 0 Å². The van der Waals surface area contributed by atoms with Crippen LogP contribution in [0.2, 0.25) is 0 Å². The van der Waals surface area contributed by atoms with Crippen LogP contribution in [0.15, 0.2) is 42.5 Å². The fourth-order valence-electron chi connectivity index (χ4n) is 5.68. The highest BCUT2D eigenvalue weighted by Crippen LogP contribution is 2.30. The zero-order chi connectivity index (χ0) is 28.2. The molecule has 1 amide bonds. The van der Waals surface area contributed by atoms with Gasteiger partial charge < -0.3 is 10.4 Å². The van der Waals surface area contributed by atoms with Crippen LogP contribution in [0.3, 0.4) is 0 Å². The van der Waals surface area contributed by atoms with Crippen molar-refractivity contribution in [3.8, 4) is 11.1 Å². The number of aliphatic carboxylic acids is 1. The lowest BCUT2D eigenvalue weighted by atomic mass is 9.87. The third-order valence-corrected chi connectivity index (χ3v) is 8.15. The molecule has 0 aromatic heterocycles. The zero-order valence-electron chi connectivity index (χ0n) is 24.5. The molecule has 0 spiro atoms. The van der Waals surface area contributed by atoms with E-state index in [4.69, 9.17) is 0 Å². The number of benzene rings is 2. The van der Waals surface area contributed by atoms with Gasteiger partial charge in [0.15, 0.2) is 0 Å². The fourth-order valence-corrected chi connectivity index (χ4v) is 5.68. The van der Waals surface area contributed by atoms with E-state index in [1.807, 2.05) is 37.3 Å². The molecule has 6 heteroatoms. The number of hydrogen-bond donors (Lipinski definition) is 2. The summed E-state index contributed by atoms with van der Waals surface area (Å²) in [7, 11) is 2.19. The Kier molecular flexibility index (Phi) is 12.5. The molecule has 1 atom stereocenters. The first kappa shape index (κ1) is 30.8. The van der Waals surface area contributed by atoms with Crippen LogP contribution in [0.25, 0.3) is 11.1 Å². The van der Waals surface area contributed by atoms with Crippen LogP contribution in [-0.2, 0) is 11.3 Å². The molecule has 6 nitrogen and oxygen atoms in total. The number of carbonyl (C=O) groups is 2. The number of rotatable bonds is 15. The van der Waals surface area contributed by atoms with Crippen molar-refractivity contribution >= 4 is 11.9 Å². The molecule has 2 aromatic rings. The molecule has 1 fully saturated rings. The van der Waals surface area contributed by atoms with Crippen LogP contribution in [0.4, 0.5) is 0 Å². The van der Waals surface area contributed by atoms with E-state index in [9.17, 15) is 14.7 Å². The Balaban J connectivity index is 1.90. The predicted octanol–water partition coefficient (Wildman–Crippen LogP) is 7.06. The van der Waals surface area contributed by atoms with E-state index < -0.39 is 12.0 Å². The van der Waals surface area contributed by atoms with E-state index in [0.717, 1.165) is 60.6 Å². The summed E-state index contributed by atoms with van der Waals surface area (Å²) in [6.45, 7) is 9.04. The zero-order valence-corrected chi connectivity index (χ0v) is 24.5. The first-order valence-electron chi connectivity index (χ1n) is 15.0. The first-order chi connectivity index (χ1) is 18.8. The summed E-state index contributed by atoms with van der Waals surface area (Å²) in [6.07, 6.45) is 11.4. The molecule has 1 unspecified atom stereocenters. The summed E-state index contributed by atoms with van der Waals surface area (Å²) < 4.78 is 0. The van der Waals surface area contributed by atoms with Gasteiger partial charge in [0.2, 0.25) is 0 Å². The second-order valence-electron chi connectivity index (χ2n) is 11.3. The molecule has 0 bridgehead atoms. The van der Waals surface area contributed by atoms with Crippen molar-refractivity contribution in [2.75, 3.05) is 20.1 Å². The fraction of sp³-hybridized carbons (Fsp3) is 0.576. The number of nitrogens with zero attached hydrogens (tertiary/aromatic N) is 2. The molecular weight excluding hydrogens is 486 g/mol. The molecule has 2 N–H and O–H groups in total. The number of hydrazine groups is 1. The van der Waals surface area contributed by atoms with E-state index in [2.05, 4.69) is 48.4 Å². The van der Waals surface area contributed by atoms with E-state index in [1.54, 1.807) is 0 Å². The number of hydrogen-bond acceptors (Lipinski definition) is 4. The maximum absolute atomic E-state index is 13.4. The van der Waals surface area contributed by atoms with Crippen molar-refractivity contribution in [3.63, 3.8) is 0 Å². The summed E-state index contributed by atoms with van der Waals surface area (Å²) in [5.74, 6) is -0.516. The summed E-state index contributed by atoms with van der Waals surface area (Å²) in [6, 6.07) is 13.2. The van der Waals surface area contributed by atoms with Gasteiger partial charge in [0, 0.05) is 32.2 Å². The van der Waals surface area contributed by atoms with E-state index in [0.29, 0.717) is 18.4 Å². The lowest BCUT2D eigenvalue weighted by Crippen LogP contribution is -2.41. The van der Waals surface area contributed by atoms with E-state index in [-0.39, 0.29) is 5.91 Å². The maximum Gasteiger partial charge on any atom is 0.326 e. The smallest absolute Gasteiger partial charge is 0.326 e. The van der Waals surface area contributed by atoms with Gasteiger partial charge >= 0.3 is 5.97 Å². The van der Waals surface area contributed by atoms with Crippen molar-refractivity contribution in [2.24, 2.45) is 5.92 Å². The Morgan fingerprint density at radius 2 is 1.74 bits per heavy atom. The summed E-state index contributed by atoms with van der Waals surface area (Å²) >= 11 is 0. The van der Waals surface area contributed by atoms with E-state index in [1.165, 1.54) is 38.5 Å². The second kappa shape index (κ2) is 15.8. The number of unbranched alkanes of at least 4 members (excludes halogenated alkanes) is 1. The van der Waals surface area contributed by atoms with E-state index >= 15 is 0 Å². The number of carbonyl (C=O) groups excluding carboxylic acids is 1. The highest BCUT2D eigenvalue weighted by Gasteiger charge is 2.23. The minimum absolute atomic E-state index is 0.338. The number of carboxylic acid groups (broad SMARTS) is 1. The monoisotopic (exact) mass is 535 g/mol. The van der Waals surface area contributed by atoms with Crippen molar-refractivity contribution in [2.45, 2.75) is 97.6 Å². The van der Waals surface area contributed by atoms with Gasteiger partial charge in [-0.2, -0.15) is 0 Å². The van der Waals surface area contributed by atoms with Gasteiger partial charge in [-0.15, -0.1) is 0 Å². The van der Waals surface area contributed by atoms with Gasteiger partial charge in [0.1, 0.15) is 6.04 Å². The molecule has 2 aromatic carbocycles. The first-order valence-corrected chi connectivity index (χ1v) is 15.0. The topological polar surface area (TPSA) is 72.9 Å². The van der Waals surface area contributed by atoms with Crippen molar-refractivity contribution in [3.05, 3.63) is 59.2 Å². The average Bonchev–Trinajstić information content (AvgIpc) is 2.94. The third-order valence-electron chi connectivity index (χ3n) is 8.15. The van der Waals surface area contributed by atoms with Crippen molar-refractivity contribution in [1.29, 1.82) is 0 Å². The Morgan fingerprint density at radius 1 is 1.00 bits per heavy atom. The Bertz CT molecular complexity index is 1060. The van der Waals surface area contributed by atoms with Crippen LogP contribution in [-0.4, -0.2) is 53.2 Å². The molecule has 3 rings (SSSR count). The van der Waals surface area contributed by atoms with Crippen LogP contribution < -0.4 is 5.32 Å². The minimum atomic E-state index is -0.997. The predicted molar refractivity (Wildman–Crippen MR) is 160 cm³/mol. The van der Waals surface area contributed by atoms with Crippen LogP contribution >= 0.6 is 0 Å². The van der Waals surface area contributed by atoms with Crippen molar-refractivity contribution in [1.82, 2.24) is 15.3 Å². The Labute approximate surface area is 235 Å². The number of aryl methyl sites for hydroxylation is 1. The highest BCUT2D eigenvalue weighted by atomic mass is 16.4. The largest absolute Gasteiger partial charge is 0.480 e. The van der Waals surface area contributed by atoms with Crippen LogP contribution in [0.1, 0.15) is 99.5 Å². The lowest BCUT2D eigenvalue weighted by molar-refractivity contribution is -0.139. The molecule has 1 saturated carbocycles. The second-order valence-corrected chi connectivity index (χ2v) is 11.3. The van der Waals surface area contributed by atoms with Crippen LogP contribution in [0, 0.1) is 12.8 Å². The lowest BCUT2D eigenvalue weighted by Gasteiger charge is -2.34. The molecule has 39 heavy (non-hydrogen) atoms. The quantitative estimate of drug-likeness (QED) is 0.239. The minimum Gasteiger partial charge on any atom is -0.480 e. The molecule has 0 heterocycles. The number of carboxylic acids is 1. The highest BCUT2D eigenvalue weighted by molar-refractivity contribution is 6.02. The third kappa shape index (κ3) is 9.18. The van der Waals surface area contributed by atoms with Gasteiger partial charge in [-0.3, -0.25) is 4.79 Å². The van der Waals surface area contributed by atoms with Gasteiger partial charge in [0.25, 0.3) is 5.91 Å². The van der Waals surface area contributed by atoms with Gasteiger partial charge in [-0.25, -0.2) is 14.8 Å². The standard InChI is InChI=1S/C33H49N3O3/c1-5-7-21-35(4)36(22-20-26-15-9-8-10-16-26)24-27-18-19-29(32(37)34-31(13-6-2)33(38)39)30(23-27)28-17-12-11-14-25(28)3/h11-12,14,17-19,23,26,31H,5-10,13,15-16,20-22,24H2,1-4H3,(H,34,37)(H,38,39). The normalized spacial score (nSPS) is 15.0. The summed E-state index contributed by atoms with van der Waals surface area (Å²) in [5.41, 5.74) is 4.61. The Hall–Kier alpha value is -2.70. The molecule has 0 radical (unpaired) electrons. The van der Waals surface area contributed by atoms with Crippen molar-refractivity contribution < 1.29 is 14.7 Å². The maximum atomic E-state index is 13.4. The molecular formula is C33H49N3O3.